The van der Waals surface area contributed by atoms with Gasteiger partial charge in [0.05, 0.1) is 17.9 Å². The van der Waals surface area contributed by atoms with Crippen molar-refractivity contribution >= 4 is 17.6 Å². The molecule has 7 nitrogen and oxygen atoms in total. The second-order valence-electron chi connectivity index (χ2n) is 6.87. The Hall–Kier alpha value is -3.09. The molecule has 31 heavy (non-hydrogen) atoms. The molecule has 0 atom stereocenters. The van der Waals surface area contributed by atoms with Gasteiger partial charge in [0.25, 0.3) is 5.91 Å². The summed E-state index contributed by atoms with van der Waals surface area (Å²) in [5.74, 6) is -0.577. The fraction of sp³-hybridized carbons (Fsp3) is 0.458. The van der Waals surface area contributed by atoms with Crippen LogP contribution in [0.1, 0.15) is 56.0 Å². The second kappa shape index (κ2) is 14.8. The molecule has 0 fully saturated rings. The average Bonchev–Trinajstić information content (AvgIpc) is 2.75. The summed E-state index contributed by atoms with van der Waals surface area (Å²) in [5.41, 5.74) is 1.42. The fourth-order valence-electron chi connectivity index (χ4n) is 2.80. The van der Waals surface area contributed by atoms with E-state index in [9.17, 15) is 14.7 Å². The molecule has 0 aromatic heterocycles. The first-order valence-corrected chi connectivity index (χ1v) is 10.7. The van der Waals surface area contributed by atoms with E-state index in [1.165, 1.54) is 18.2 Å². The summed E-state index contributed by atoms with van der Waals surface area (Å²) < 4.78 is 5.25. The third kappa shape index (κ3) is 9.51. The van der Waals surface area contributed by atoms with Gasteiger partial charge in [-0.3, -0.25) is 4.79 Å². The number of likely N-dealkylation sites (N-methyl/N-ethyl adjacent to an activating group) is 1. The van der Waals surface area contributed by atoms with E-state index in [2.05, 4.69) is 11.7 Å². The second-order valence-corrected chi connectivity index (χ2v) is 6.87. The quantitative estimate of drug-likeness (QED) is 0.157. The highest BCUT2D eigenvalue weighted by Gasteiger charge is 2.16. The number of allylic oxidation sites excluding steroid dienone is 2. The Morgan fingerprint density at radius 1 is 1.26 bits per heavy atom. The molecule has 0 saturated carbocycles. The van der Waals surface area contributed by atoms with Crippen LogP contribution < -0.4 is 0 Å². The summed E-state index contributed by atoms with van der Waals surface area (Å²) in [4.78, 5) is 31.7. The Kier molecular flexibility index (Phi) is 12.4. The Morgan fingerprint density at radius 3 is 2.68 bits per heavy atom. The first-order valence-electron chi connectivity index (χ1n) is 10.7. The summed E-state index contributed by atoms with van der Waals surface area (Å²) in [7, 11) is 0. The molecule has 0 saturated heterocycles. The van der Waals surface area contributed by atoms with Crippen molar-refractivity contribution < 1.29 is 24.3 Å². The molecule has 0 radical (unpaired) electrons. The molecule has 7 heteroatoms. The Bertz CT molecular complexity index is 786. The maximum Gasteiger partial charge on any atom is 0.338 e. The van der Waals surface area contributed by atoms with E-state index in [0.29, 0.717) is 36.3 Å². The van der Waals surface area contributed by atoms with Gasteiger partial charge in [0.1, 0.15) is 5.75 Å². The molecule has 0 aliphatic heterocycles. The summed E-state index contributed by atoms with van der Waals surface area (Å²) in [6.45, 7) is 10.9. The standard InChI is InChI=1S/C24H34N2O5/c1-5-9-11-20(25-31-18-23(28)26(8-4)14-7-3)16-19-17-21(27)12-13-22(19)24(29)30-15-10-6-2/h6,9,11-13,17,27H,2,5,7-8,10,14-16,18H2,1,3-4H3/b11-9+,25-20-. The monoisotopic (exact) mass is 430 g/mol. The molecule has 0 aliphatic carbocycles. The predicted molar refractivity (Wildman–Crippen MR) is 122 cm³/mol. The van der Waals surface area contributed by atoms with Crippen LogP contribution in [0, 0.1) is 0 Å². The van der Waals surface area contributed by atoms with Gasteiger partial charge in [0, 0.05) is 19.5 Å². The van der Waals surface area contributed by atoms with Gasteiger partial charge in [-0.05, 0) is 56.0 Å². The van der Waals surface area contributed by atoms with Crippen LogP contribution in [0.4, 0.5) is 0 Å². The highest BCUT2D eigenvalue weighted by Crippen LogP contribution is 2.19. The van der Waals surface area contributed by atoms with Crippen LogP contribution in [0.25, 0.3) is 0 Å². The van der Waals surface area contributed by atoms with Gasteiger partial charge in [0.2, 0.25) is 0 Å². The van der Waals surface area contributed by atoms with Crippen LogP contribution in [-0.2, 0) is 20.8 Å². The number of esters is 1. The third-order valence-electron chi connectivity index (χ3n) is 4.38. The van der Waals surface area contributed by atoms with E-state index in [-0.39, 0.29) is 31.3 Å². The molecule has 1 N–H and O–H groups in total. The molecule has 0 aliphatic rings. The first-order chi connectivity index (χ1) is 15.0. The lowest BCUT2D eigenvalue weighted by Gasteiger charge is -2.19. The number of phenols is 1. The van der Waals surface area contributed by atoms with E-state index >= 15 is 0 Å². The van der Waals surface area contributed by atoms with Crippen LogP contribution in [0.15, 0.2) is 48.2 Å². The molecular formula is C24H34N2O5. The van der Waals surface area contributed by atoms with Gasteiger partial charge < -0.3 is 19.6 Å². The van der Waals surface area contributed by atoms with Gasteiger partial charge in [-0.15, -0.1) is 6.58 Å². The van der Waals surface area contributed by atoms with Gasteiger partial charge in [0.15, 0.2) is 6.61 Å². The number of ether oxygens (including phenoxy) is 1. The van der Waals surface area contributed by atoms with Crippen molar-refractivity contribution in [1.82, 2.24) is 4.90 Å². The van der Waals surface area contributed by atoms with Crippen molar-refractivity contribution in [2.45, 2.75) is 46.5 Å². The maximum absolute atomic E-state index is 12.4. The summed E-state index contributed by atoms with van der Waals surface area (Å²) in [6, 6.07) is 4.47. The lowest BCUT2D eigenvalue weighted by atomic mass is 10.0. The summed E-state index contributed by atoms with van der Waals surface area (Å²) in [6.07, 6.45) is 7.81. The molecule has 170 valence electrons. The SMILES string of the molecule is C=CCCOC(=O)c1ccc(O)cc1CC(/C=C/CC)=N\OCC(=O)N(CC)CCC. The minimum atomic E-state index is -0.482. The molecular weight excluding hydrogens is 396 g/mol. The molecule has 1 aromatic rings. The molecule has 1 aromatic carbocycles. The Morgan fingerprint density at radius 2 is 2.03 bits per heavy atom. The maximum atomic E-state index is 12.4. The zero-order chi connectivity index (χ0) is 23.1. The first kappa shape index (κ1) is 25.9. The van der Waals surface area contributed by atoms with Gasteiger partial charge >= 0.3 is 5.97 Å². The number of amides is 1. The molecule has 1 rings (SSSR count). The highest BCUT2D eigenvalue weighted by molar-refractivity contribution is 5.99. The number of carbonyl (C=O) groups excluding carboxylic acids is 2. The van der Waals surface area contributed by atoms with E-state index in [0.717, 1.165) is 12.8 Å². The minimum absolute atomic E-state index is 0.0331. The van der Waals surface area contributed by atoms with Crippen molar-refractivity contribution in [2.24, 2.45) is 5.16 Å². The molecule has 0 unspecified atom stereocenters. The van der Waals surface area contributed by atoms with E-state index in [4.69, 9.17) is 9.57 Å². The number of phenolic OH excluding ortho intramolecular Hbond substituents is 1. The van der Waals surface area contributed by atoms with Crippen molar-refractivity contribution in [3.63, 3.8) is 0 Å². The zero-order valence-corrected chi connectivity index (χ0v) is 18.8. The summed E-state index contributed by atoms with van der Waals surface area (Å²) in [5, 5.41) is 14.0. The van der Waals surface area contributed by atoms with E-state index < -0.39 is 5.97 Å². The van der Waals surface area contributed by atoms with Crippen LogP contribution in [0.3, 0.4) is 0 Å². The Balaban J connectivity index is 2.98. The number of nitrogens with zero attached hydrogens (tertiary/aromatic N) is 2. The largest absolute Gasteiger partial charge is 0.508 e. The number of rotatable bonds is 14. The average molecular weight is 431 g/mol. The zero-order valence-electron chi connectivity index (χ0n) is 18.8. The molecule has 0 spiro atoms. The van der Waals surface area contributed by atoms with Gasteiger partial charge in [-0.2, -0.15) is 0 Å². The smallest absolute Gasteiger partial charge is 0.338 e. The third-order valence-corrected chi connectivity index (χ3v) is 4.38. The Labute approximate surface area is 185 Å². The predicted octanol–water partition coefficient (Wildman–Crippen LogP) is 4.26. The topological polar surface area (TPSA) is 88.4 Å². The number of carbonyl (C=O) groups is 2. The molecule has 0 heterocycles. The number of benzene rings is 1. The fourth-order valence-corrected chi connectivity index (χ4v) is 2.80. The number of hydrogen-bond donors (Lipinski definition) is 1. The number of hydrogen-bond acceptors (Lipinski definition) is 6. The van der Waals surface area contributed by atoms with Crippen LogP contribution in [0.2, 0.25) is 0 Å². The van der Waals surface area contributed by atoms with E-state index in [1.807, 2.05) is 26.8 Å². The number of aromatic hydroxyl groups is 1. The van der Waals surface area contributed by atoms with Crippen molar-refractivity contribution in [3.05, 3.63) is 54.1 Å². The summed E-state index contributed by atoms with van der Waals surface area (Å²) >= 11 is 0. The molecule has 1 amide bonds. The highest BCUT2D eigenvalue weighted by atomic mass is 16.6. The van der Waals surface area contributed by atoms with Crippen LogP contribution >= 0.6 is 0 Å². The lowest BCUT2D eigenvalue weighted by Crippen LogP contribution is -2.34. The minimum Gasteiger partial charge on any atom is -0.508 e. The van der Waals surface area contributed by atoms with Crippen molar-refractivity contribution in [1.29, 1.82) is 0 Å². The van der Waals surface area contributed by atoms with Crippen LogP contribution in [0.5, 0.6) is 5.75 Å². The van der Waals surface area contributed by atoms with Crippen molar-refractivity contribution in [3.8, 4) is 5.75 Å². The van der Waals surface area contributed by atoms with E-state index in [1.54, 1.807) is 17.1 Å². The number of oxime groups is 1. The van der Waals surface area contributed by atoms with Crippen molar-refractivity contribution in [2.75, 3.05) is 26.3 Å². The molecule has 0 bridgehead atoms. The van der Waals surface area contributed by atoms with Gasteiger partial charge in [-0.25, -0.2) is 4.79 Å². The van der Waals surface area contributed by atoms with Gasteiger partial charge in [-0.1, -0.05) is 31.2 Å². The normalized spacial score (nSPS) is 11.4. The lowest BCUT2D eigenvalue weighted by molar-refractivity contribution is -0.135. The van der Waals surface area contributed by atoms with Crippen LogP contribution in [-0.4, -0.2) is 53.9 Å².